The summed E-state index contributed by atoms with van der Waals surface area (Å²) in [6.07, 6.45) is 20.7. The van der Waals surface area contributed by atoms with Crippen molar-refractivity contribution in [1.29, 1.82) is 0 Å². The van der Waals surface area contributed by atoms with Crippen molar-refractivity contribution < 1.29 is 0 Å². The van der Waals surface area contributed by atoms with Crippen molar-refractivity contribution in [3.05, 3.63) is 200 Å². The number of nitrogens with zero attached hydrogens (tertiary/aromatic N) is 5. The Kier molecular flexibility index (Phi) is 8.27. The first-order valence-corrected chi connectivity index (χ1v) is 17.5. The SMILES string of the molecule is C1=CC2=CC=CC(c3ccc(-c4cc(-c5ccc(-c6cnccn6)cc5)cc(-c5nc(-c6ccccc6)nc(-c6ccccc6)n5)c4)cc3)C2C=C1. The lowest BCUT2D eigenvalue weighted by atomic mass is 9.76. The zero-order valence-corrected chi connectivity index (χ0v) is 28.3. The van der Waals surface area contributed by atoms with E-state index < -0.39 is 0 Å². The highest BCUT2D eigenvalue weighted by Crippen LogP contribution is 2.39. The van der Waals surface area contributed by atoms with E-state index in [0.717, 1.165) is 50.2 Å². The van der Waals surface area contributed by atoms with Gasteiger partial charge in [0, 0.05) is 46.5 Å². The molecule has 0 aliphatic heterocycles. The summed E-state index contributed by atoms with van der Waals surface area (Å²) in [5.74, 6) is 2.53. The minimum absolute atomic E-state index is 0.294. The molecule has 5 nitrogen and oxygen atoms in total. The lowest BCUT2D eigenvalue weighted by Gasteiger charge is -2.28. The molecule has 52 heavy (non-hydrogen) atoms. The van der Waals surface area contributed by atoms with Crippen LogP contribution >= 0.6 is 0 Å². The Bertz CT molecular complexity index is 2430. The largest absolute Gasteiger partial charge is 0.261 e. The van der Waals surface area contributed by atoms with Crippen molar-refractivity contribution in [2.75, 3.05) is 0 Å². The fourth-order valence-corrected chi connectivity index (χ4v) is 7.00. The van der Waals surface area contributed by atoms with Crippen LogP contribution in [0.3, 0.4) is 0 Å². The molecule has 0 bridgehead atoms. The first kappa shape index (κ1) is 31.2. The van der Waals surface area contributed by atoms with E-state index in [2.05, 4.69) is 119 Å². The molecule has 246 valence electrons. The molecule has 2 unspecified atom stereocenters. The van der Waals surface area contributed by atoms with Gasteiger partial charge in [-0.2, -0.15) is 0 Å². The normalized spacial score (nSPS) is 16.0. The smallest absolute Gasteiger partial charge is 0.164 e. The molecule has 2 heterocycles. The molecule has 0 spiro atoms. The summed E-state index contributed by atoms with van der Waals surface area (Å²) in [6, 6.07) is 44.3. The molecule has 5 aromatic carbocycles. The average Bonchev–Trinajstić information content (AvgIpc) is 3.24. The molecule has 0 fully saturated rings. The topological polar surface area (TPSA) is 64.5 Å². The fraction of sp³-hybridized carbons (Fsp3) is 0.0426. The predicted molar refractivity (Wildman–Crippen MR) is 210 cm³/mol. The van der Waals surface area contributed by atoms with E-state index in [1.165, 1.54) is 11.1 Å². The number of fused-ring (bicyclic) bond motifs is 1. The predicted octanol–water partition coefficient (Wildman–Crippen LogP) is 11.0. The van der Waals surface area contributed by atoms with Crippen LogP contribution in [-0.4, -0.2) is 24.9 Å². The lowest BCUT2D eigenvalue weighted by Crippen LogP contribution is -2.14. The van der Waals surface area contributed by atoms with Crippen molar-refractivity contribution in [1.82, 2.24) is 24.9 Å². The Morgan fingerprint density at radius 2 is 0.981 bits per heavy atom. The maximum absolute atomic E-state index is 5.07. The third-order valence-corrected chi connectivity index (χ3v) is 9.69. The molecule has 2 aromatic heterocycles. The van der Waals surface area contributed by atoms with Gasteiger partial charge in [0.15, 0.2) is 17.5 Å². The zero-order valence-electron chi connectivity index (χ0n) is 28.3. The van der Waals surface area contributed by atoms with Crippen LogP contribution in [0, 0.1) is 5.92 Å². The fourth-order valence-electron chi connectivity index (χ4n) is 7.00. The Morgan fingerprint density at radius 3 is 1.60 bits per heavy atom. The van der Waals surface area contributed by atoms with Gasteiger partial charge in [-0.3, -0.25) is 9.97 Å². The summed E-state index contributed by atoms with van der Waals surface area (Å²) >= 11 is 0. The number of aromatic nitrogens is 5. The molecule has 0 amide bonds. The second-order valence-corrected chi connectivity index (χ2v) is 13.0. The second kappa shape index (κ2) is 13.8. The standard InChI is InChI=1S/C47H33N5/c1-3-11-37(12-4-1)45-50-46(38-13-5-2-6-14-38)52-47(51-45)41-29-39(28-40(30-41)33-20-24-36(25-21-33)44-31-48-26-27-49-44)32-18-22-35(23-19-32)43-17-9-15-34-10-7-8-16-42(34)43/h1-31,42-43H. The van der Waals surface area contributed by atoms with E-state index in [0.29, 0.717) is 29.3 Å². The molecule has 7 aromatic rings. The van der Waals surface area contributed by atoms with E-state index in [-0.39, 0.29) is 0 Å². The second-order valence-electron chi connectivity index (χ2n) is 13.0. The summed E-state index contributed by atoms with van der Waals surface area (Å²) in [5.41, 5.74) is 11.6. The molecular formula is C47H33N5. The van der Waals surface area contributed by atoms with E-state index in [1.807, 2.05) is 60.7 Å². The molecule has 2 aliphatic rings. The van der Waals surface area contributed by atoms with Gasteiger partial charge in [-0.05, 0) is 51.6 Å². The molecule has 5 heteroatoms. The first-order valence-electron chi connectivity index (χ1n) is 17.5. The molecule has 9 rings (SSSR count). The third-order valence-electron chi connectivity index (χ3n) is 9.69. The van der Waals surface area contributed by atoms with Gasteiger partial charge in [-0.1, -0.05) is 152 Å². The summed E-state index contributed by atoms with van der Waals surface area (Å²) in [6.45, 7) is 0. The summed E-state index contributed by atoms with van der Waals surface area (Å²) in [7, 11) is 0. The molecule has 0 saturated heterocycles. The van der Waals surface area contributed by atoms with Gasteiger partial charge < -0.3 is 0 Å². The average molecular weight is 668 g/mol. The van der Waals surface area contributed by atoms with Crippen molar-refractivity contribution in [3.63, 3.8) is 0 Å². The lowest BCUT2D eigenvalue weighted by molar-refractivity contribution is 0.670. The number of benzene rings is 5. The van der Waals surface area contributed by atoms with Gasteiger partial charge >= 0.3 is 0 Å². The van der Waals surface area contributed by atoms with Crippen LogP contribution in [0.1, 0.15) is 11.5 Å². The highest BCUT2D eigenvalue weighted by Gasteiger charge is 2.24. The van der Waals surface area contributed by atoms with Crippen molar-refractivity contribution in [2.24, 2.45) is 5.92 Å². The Balaban J connectivity index is 1.16. The number of hydrogen-bond donors (Lipinski definition) is 0. The van der Waals surface area contributed by atoms with Crippen LogP contribution in [0.2, 0.25) is 0 Å². The van der Waals surface area contributed by atoms with Gasteiger partial charge in [0.05, 0.1) is 11.9 Å². The van der Waals surface area contributed by atoms with E-state index in [9.17, 15) is 0 Å². The third kappa shape index (κ3) is 6.32. The maximum Gasteiger partial charge on any atom is 0.164 e. The first-order chi connectivity index (χ1) is 25.7. The molecule has 0 N–H and O–H groups in total. The zero-order chi connectivity index (χ0) is 34.7. The summed E-state index contributed by atoms with van der Waals surface area (Å²) in [5, 5.41) is 0. The van der Waals surface area contributed by atoms with Gasteiger partial charge in [0.1, 0.15) is 0 Å². The highest BCUT2D eigenvalue weighted by atomic mass is 15.0. The van der Waals surface area contributed by atoms with Gasteiger partial charge in [-0.25, -0.2) is 15.0 Å². The summed E-state index contributed by atoms with van der Waals surface area (Å²) in [4.78, 5) is 23.8. The van der Waals surface area contributed by atoms with Crippen LogP contribution in [0.4, 0.5) is 0 Å². The molecule has 2 aliphatic carbocycles. The van der Waals surface area contributed by atoms with Gasteiger partial charge in [0.25, 0.3) is 0 Å². The van der Waals surface area contributed by atoms with Crippen LogP contribution in [-0.2, 0) is 0 Å². The quantitative estimate of drug-likeness (QED) is 0.169. The monoisotopic (exact) mass is 667 g/mol. The number of rotatable bonds is 7. The van der Waals surface area contributed by atoms with Gasteiger partial charge in [0.2, 0.25) is 0 Å². The summed E-state index contributed by atoms with van der Waals surface area (Å²) < 4.78 is 0. The molecule has 2 atom stereocenters. The minimum atomic E-state index is 0.294. The number of hydrogen-bond acceptors (Lipinski definition) is 5. The van der Waals surface area contributed by atoms with Crippen LogP contribution in [0.25, 0.3) is 67.7 Å². The maximum atomic E-state index is 5.07. The van der Waals surface area contributed by atoms with E-state index in [1.54, 1.807) is 18.6 Å². The Labute approximate surface area is 303 Å². The van der Waals surface area contributed by atoms with E-state index >= 15 is 0 Å². The Morgan fingerprint density at radius 1 is 0.423 bits per heavy atom. The van der Waals surface area contributed by atoms with Crippen molar-refractivity contribution >= 4 is 0 Å². The molecule has 0 radical (unpaired) electrons. The molecular weight excluding hydrogens is 635 g/mol. The number of allylic oxidation sites excluding steroid dienone is 8. The van der Waals surface area contributed by atoms with E-state index in [4.69, 9.17) is 15.0 Å². The minimum Gasteiger partial charge on any atom is -0.261 e. The van der Waals surface area contributed by atoms with Crippen LogP contribution in [0.5, 0.6) is 0 Å². The highest BCUT2D eigenvalue weighted by molar-refractivity contribution is 5.81. The van der Waals surface area contributed by atoms with Crippen LogP contribution < -0.4 is 0 Å². The van der Waals surface area contributed by atoms with Crippen molar-refractivity contribution in [3.8, 4) is 67.7 Å². The molecule has 0 saturated carbocycles. The van der Waals surface area contributed by atoms with Crippen molar-refractivity contribution in [2.45, 2.75) is 5.92 Å². The van der Waals surface area contributed by atoms with Crippen LogP contribution in [0.15, 0.2) is 194 Å². The van der Waals surface area contributed by atoms with Gasteiger partial charge in [-0.15, -0.1) is 0 Å². The Hall–Kier alpha value is -6.85.